The van der Waals surface area contributed by atoms with E-state index in [4.69, 9.17) is 5.73 Å². The number of aliphatic hydroxyl groups is 1. The number of nitrogens with zero attached hydrogens (tertiary/aromatic N) is 1. The first-order valence-electron chi connectivity index (χ1n) is 7.86. The highest BCUT2D eigenvalue weighted by Gasteiger charge is 2.12. The summed E-state index contributed by atoms with van der Waals surface area (Å²) in [5.41, 5.74) is 9.79. The Balaban J connectivity index is 1.79. The Hall–Kier alpha value is -3.06. The normalized spacial score (nSPS) is 12.0. The van der Waals surface area contributed by atoms with Gasteiger partial charge in [0.25, 0.3) is 0 Å². The molecule has 3 rings (SSSR count). The third-order valence-electron chi connectivity index (χ3n) is 3.82. The summed E-state index contributed by atoms with van der Waals surface area (Å²) < 4.78 is 13.1. The number of rotatable bonds is 6. The Labute approximate surface area is 144 Å². The summed E-state index contributed by atoms with van der Waals surface area (Å²) >= 11 is 0. The first-order chi connectivity index (χ1) is 12.0. The summed E-state index contributed by atoms with van der Waals surface area (Å²) in [5, 5.41) is 23.0. The van der Waals surface area contributed by atoms with Crippen LogP contribution in [-0.4, -0.2) is 21.9 Å². The molecule has 0 saturated heterocycles. The third-order valence-corrected chi connectivity index (χ3v) is 3.82. The lowest BCUT2D eigenvalue weighted by atomic mass is 10.1. The minimum atomic E-state index is -0.357. The monoisotopic (exact) mass is 341 g/mol. The van der Waals surface area contributed by atoms with Gasteiger partial charge < -0.3 is 21.5 Å². The van der Waals surface area contributed by atoms with Crippen LogP contribution in [0, 0.1) is 12.7 Å². The van der Waals surface area contributed by atoms with E-state index >= 15 is 0 Å². The first kappa shape index (κ1) is 16.8. The molecule has 25 heavy (non-hydrogen) atoms. The van der Waals surface area contributed by atoms with Crippen LogP contribution in [0.2, 0.25) is 0 Å². The maximum absolute atomic E-state index is 13.1. The van der Waals surface area contributed by atoms with Crippen LogP contribution in [0.25, 0.3) is 0 Å². The lowest BCUT2D eigenvalue weighted by Gasteiger charge is -2.19. The highest BCUT2D eigenvalue weighted by atomic mass is 19.1. The van der Waals surface area contributed by atoms with Gasteiger partial charge in [-0.2, -0.15) is 5.10 Å². The Bertz CT molecular complexity index is 847. The number of nitrogens with two attached hydrogens (primary N) is 1. The number of benzene rings is 2. The van der Waals surface area contributed by atoms with Crippen LogP contribution in [0.15, 0.2) is 48.5 Å². The van der Waals surface area contributed by atoms with E-state index in [1.54, 1.807) is 18.2 Å². The number of halogens is 1. The van der Waals surface area contributed by atoms with E-state index < -0.39 is 0 Å². The Morgan fingerprint density at radius 2 is 1.96 bits per heavy atom. The summed E-state index contributed by atoms with van der Waals surface area (Å²) in [7, 11) is 0. The smallest absolute Gasteiger partial charge is 0.152 e. The van der Waals surface area contributed by atoms with Crippen LogP contribution >= 0.6 is 0 Å². The molecule has 0 spiro atoms. The minimum absolute atomic E-state index is 0.128. The number of aromatic nitrogens is 2. The second-order valence-electron chi connectivity index (χ2n) is 5.79. The molecule has 0 amide bonds. The Kier molecular flexibility index (Phi) is 4.85. The van der Waals surface area contributed by atoms with Gasteiger partial charge in [0.2, 0.25) is 0 Å². The number of aryl methyl sites for hydroxylation is 1. The number of anilines is 4. The van der Waals surface area contributed by atoms with Gasteiger partial charge in [-0.3, -0.25) is 5.10 Å². The van der Waals surface area contributed by atoms with Gasteiger partial charge in [-0.05, 0) is 42.8 Å². The van der Waals surface area contributed by atoms with Crippen LogP contribution < -0.4 is 16.4 Å². The lowest BCUT2D eigenvalue weighted by molar-refractivity contribution is 0.276. The van der Waals surface area contributed by atoms with Crippen molar-refractivity contribution < 1.29 is 9.50 Å². The van der Waals surface area contributed by atoms with Gasteiger partial charge >= 0.3 is 0 Å². The average Bonchev–Trinajstić information content (AvgIpc) is 3.01. The highest BCUT2D eigenvalue weighted by molar-refractivity contribution is 5.75. The maximum atomic E-state index is 13.1. The second kappa shape index (κ2) is 7.23. The summed E-state index contributed by atoms with van der Waals surface area (Å²) in [4.78, 5) is 0. The molecule has 3 aromatic rings. The third kappa shape index (κ3) is 4.07. The van der Waals surface area contributed by atoms with Crippen LogP contribution in [0.4, 0.5) is 27.3 Å². The molecule has 6 N–H and O–H groups in total. The average molecular weight is 341 g/mol. The Morgan fingerprint density at radius 3 is 2.60 bits per heavy atom. The van der Waals surface area contributed by atoms with E-state index in [0.717, 1.165) is 16.9 Å². The largest absolute Gasteiger partial charge is 0.397 e. The molecule has 0 aliphatic carbocycles. The summed E-state index contributed by atoms with van der Waals surface area (Å²) in [6.07, 6.45) is 0. The molecule has 6 nitrogen and oxygen atoms in total. The van der Waals surface area contributed by atoms with Gasteiger partial charge in [0, 0.05) is 17.4 Å². The van der Waals surface area contributed by atoms with Crippen LogP contribution in [-0.2, 0) is 0 Å². The molecule has 0 bridgehead atoms. The number of nitrogen functional groups attached to an aromatic ring is 1. The van der Waals surface area contributed by atoms with Crippen LogP contribution in [0.1, 0.15) is 17.3 Å². The number of hydrogen-bond acceptors (Lipinski definition) is 5. The zero-order valence-corrected chi connectivity index (χ0v) is 13.8. The molecule has 1 heterocycles. The number of aliphatic hydroxyl groups excluding tert-OH is 1. The zero-order valence-electron chi connectivity index (χ0n) is 13.8. The van der Waals surface area contributed by atoms with Crippen molar-refractivity contribution in [1.29, 1.82) is 0 Å². The van der Waals surface area contributed by atoms with E-state index in [-0.39, 0.29) is 18.5 Å². The Morgan fingerprint density at radius 1 is 1.20 bits per heavy atom. The molecule has 1 atom stereocenters. The van der Waals surface area contributed by atoms with Crippen molar-refractivity contribution >= 4 is 22.9 Å². The van der Waals surface area contributed by atoms with Crippen molar-refractivity contribution in [3.8, 4) is 0 Å². The van der Waals surface area contributed by atoms with E-state index in [9.17, 15) is 9.50 Å². The molecule has 0 aliphatic rings. The topological polar surface area (TPSA) is 99.0 Å². The molecule has 130 valence electrons. The van der Waals surface area contributed by atoms with E-state index in [1.807, 2.05) is 25.1 Å². The molecular weight excluding hydrogens is 321 g/mol. The highest BCUT2D eigenvalue weighted by Crippen LogP contribution is 2.28. The standard InChI is InChI=1S/C18H20FN5O/c1-11-8-18(24-23-11)22-16-9-14(6-7-15(16)20)21-17(10-25)12-2-4-13(19)5-3-12/h2-9,17,21,25H,10,20H2,1H3,(H2,22,23,24)/t17-/m0/s1. The summed E-state index contributed by atoms with van der Waals surface area (Å²) in [6, 6.07) is 13.0. The fraction of sp³-hybridized carbons (Fsp3) is 0.167. The SMILES string of the molecule is Cc1cc(Nc2cc(N[C@@H](CO)c3ccc(F)cc3)ccc2N)n[nH]1. The molecule has 0 radical (unpaired) electrons. The summed E-state index contributed by atoms with van der Waals surface area (Å²) in [6.45, 7) is 1.78. The molecule has 0 aliphatic heterocycles. The fourth-order valence-corrected chi connectivity index (χ4v) is 2.51. The lowest BCUT2D eigenvalue weighted by Crippen LogP contribution is -2.15. The van der Waals surface area contributed by atoms with Gasteiger partial charge in [0.1, 0.15) is 5.82 Å². The van der Waals surface area contributed by atoms with Crippen molar-refractivity contribution in [2.45, 2.75) is 13.0 Å². The van der Waals surface area contributed by atoms with Crippen molar-refractivity contribution in [2.75, 3.05) is 23.0 Å². The fourth-order valence-electron chi connectivity index (χ4n) is 2.51. The van der Waals surface area contributed by atoms with Crippen molar-refractivity contribution in [3.63, 3.8) is 0 Å². The number of aromatic amines is 1. The predicted octanol–water partition coefficient (Wildman–Crippen LogP) is 3.33. The molecule has 2 aromatic carbocycles. The van der Waals surface area contributed by atoms with Crippen molar-refractivity contribution in [1.82, 2.24) is 10.2 Å². The predicted molar refractivity (Wildman–Crippen MR) is 97.3 cm³/mol. The number of nitrogens with one attached hydrogen (secondary N) is 3. The molecular formula is C18H20FN5O. The molecule has 0 fully saturated rings. The second-order valence-corrected chi connectivity index (χ2v) is 5.79. The minimum Gasteiger partial charge on any atom is -0.397 e. The van der Waals surface area contributed by atoms with Gasteiger partial charge in [-0.25, -0.2) is 4.39 Å². The van der Waals surface area contributed by atoms with Gasteiger partial charge in [0.15, 0.2) is 5.82 Å². The van der Waals surface area contributed by atoms with E-state index in [0.29, 0.717) is 17.2 Å². The van der Waals surface area contributed by atoms with Crippen LogP contribution in [0.5, 0.6) is 0 Å². The quantitative estimate of drug-likeness (QED) is 0.443. The molecule has 7 heteroatoms. The van der Waals surface area contributed by atoms with E-state index in [1.165, 1.54) is 12.1 Å². The van der Waals surface area contributed by atoms with Gasteiger partial charge in [0.05, 0.1) is 24.0 Å². The number of hydrogen-bond donors (Lipinski definition) is 5. The summed E-state index contributed by atoms with van der Waals surface area (Å²) in [5.74, 6) is 0.354. The molecule has 0 unspecified atom stereocenters. The zero-order chi connectivity index (χ0) is 17.8. The van der Waals surface area contributed by atoms with Gasteiger partial charge in [-0.1, -0.05) is 12.1 Å². The number of H-pyrrole nitrogens is 1. The molecule has 1 aromatic heterocycles. The van der Waals surface area contributed by atoms with Gasteiger partial charge in [-0.15, -0.1) is 0 Å². The van der Waals surface area contributed by atoms with E-state index in [2.05, 4.69) is 20.8 Å². The molecule has 0 saturated carbocycles. The maximum Gasteiger partial charge on any atom is 0.152 e. The van der Waals surface area contributed by atoms with Crippen molar-refractivity contribution in [2.24, 2.45) is 0 Å². The van der Waals surface area contributed by atoms with Crippen LogP contribution in [0.3, 0.4) is 0 Å². The first-order valence-corrected chi connectivity index (χ1v) is 7.86. The van der Waals surface area contributed by atoms with Crippen molar-refractivity contribution in [3.05, 3.63) is 65.6 Å².